The number of nitrogens with one attached hydrogen (secondary N) is 2. The molecule has 0 radical (unpaired) electrons. The highest BCUT2D eigenvalue weighted by atomic mass is 79.9. The Morgan fingerprint density at radius 3 is 0.964 bits per heavy atom. The number of nitrogens with zero attached hydrogens (tertiary/aromatic N) is 2. The summed E-state index contributed by atoms with van der Waals surface area (Å²) in [5, 5.41) is 0. The van der Waals surface area contributed by atoms with E-state index >= 15 is 0 Å². The zero-order valence-electron chi connectivity index (χ0n) is 14.0. The summed E-state index contributed by atoms with van der Waals surface area (Å²) in [6.07, 6.45) is 0. The van der Waals surface area contributed by atoms with Gasteiger partial charge in [0.2, 0.25) is 0 Å². The predicted octanol–water partition coefficient (Wildman–Crippen LogP) is 7.55. The zero-order valence-corrected chi connectivity index (χ0v) is 20.4. The number of fused-ring (bicyclic) bond motifs is 8. The monoisotopic (exact) mass is 622 g/mol. The van der Waals surface area contributed by atoms with E-state index < -0.39 is 0 Å². The van der Waals surface area contributed by atoms with Gasteiger partial charge in [-0.3, -0.25) is 0 Å². The third kappa shape index (κ3) is 3.26. The normalized spacial score (nSPS) is 14.1. The van der Waals surface area contributed by atoms with Crippen molar-refractivity contribution in [2.45, 2.75) is 0 Å². The highest BCUT2D eigenvalue weighted by Gasteiger charge is 2.17. The van der Waals surface area contributed by atoms with Gasteiger partial charge in [-0.2, -0.15) is 0 Å². The molecule has 0 spiro atoms. The molecular weight excluding hydrogens is 616 g/mol. The average molecular weight is 626 g/mol. The van der Waals surface area contributed by atoms with E-state index in [0.717, 1.165) is 62.8 Å². The van der Waals surface area contributed by atoms with E-state index in [9.17, 15) is 0 Å². The lowest BCUT2D eigenvalue weighted by molar-refractivity contribution is 1.31. The Morgan fingerprint density at radius 2 is 0.714 bits per heavy atom. The second-order valence-electron chi connectivity index (χ2n) is 6.34. The van der Waals surface area contributed by atoms with Crippen LogP contribution in [0, 0.1) is 0 Å². The number of H-pyrrole nitrogens is 2. The lowest BCUT2D eigenvalue weighted by atomic mass is 10.3. The van der Waals surface area contributed by atoms with Crippen molar-refractivity contribution in [3.8, 4) is 0 Å². The van der Waals surface area contributed by atoms with Gasteiger partial charge < -0.3 is 9.97 Å². The van der Waals surface area contributed by atoms with Crippen molar-refractivity contribution in [3.63, 3.8) is 0 Å². The van der Waals surface area contributed by atoms with Gasteiger partial charge in [-0.15, -0.1) is 0 Å². The largest absolute Gasteiger partial charge is 0.355 e. The maximum absolute atomic E-state index is 4.75. The van der Waals surface area contributed by atoms with Gasteiger partial charge in [0.25, 0.3) is 0 Å². The SMILES string of the molecule is BrC1=C(Br)c2cc3ccc(cc4nc(cc5ccc(cc1n2)[nH]5)C(Br)=C4Br)[nH]3. The second kappa shape index (κ2) is 7.09. The van der Waals surface area contributed by atoms with Gasteiger partial charge in [0, 0.05) is 22.1 Å². The van der Waals surface area contributed by atoms with Crippen LogP contribution in [-0.2, 0) is 0 Å². The van der Waals surface area contributed by atoms with Crippen molar-refractivity contribution >= 4 is 104 Å². The molecule has 0 aromatic carbocycles. The quantitative estimate of drug-likeness (QED) is 0.271. The van der Waals surface area contributed by atoms with Crippen LogP contribution in [0.1, 0.15) is 22.8 Å². The molecule has 0 atom stereocenters. The molecule has 8 heteroatoms. The molecule has 4 nitrogen and oxygen atoms in total. The van der Waals surface area contributed by atoms with Crippen LogP contribution in [0.4, 0.5) is 0 Å². The molecule has 2 N–H and O–H groups in total. The molecule has 0 unspecified atom stereocenters. The van der Waals surface area contributed by atoms with Gasteiger partial charge in [0.05, 0.1) is 40.7 Å². The summed E-state index contributed by atoms with van der Waals surface area (Å²) in [4.78, 5) is 16.3. The lowest BCUT2D eigenvalue weighted by Crippen LogP contribution is -1.77. The van der Waals surface area contributed by atoms with E-state index in [0.29, 0.717) is 0 Å². The van der Waals surface area contributed by atoms with Crippen molar-refractivity contribution in [1.29, 1.82) is 0 Å². The van der Waals surface area contributed by atoms with Crippen molar-refractivity contribution in [3.05, 3.63) is 71.3 Å². The standard InChI is InChI=1S/C20H10Br4N4/c21-17-13-5-9-1-2-10(25-9)6-14-18(22)20(24)16(28-14)8-12-4-3-11(26-12)7-15(27-13)19(17)23/h1-8,25-26H. The van der Waals surface area contributed by atoms with E-state index in [1.165, 1.54) is 0 Å². The van der Waals surface area contributed by atoms with Crippen LogP contribution in [0.15, 0.2) is 48.5 Å². The van der Waals surface area contributed by atoms with Crippen LogP contribution in [0.5, 0.6) is 0 Å². The van der Waals surface area contributed by atoms with Crippen LogP contribution in [0.2, 0.25) is 0 Å². The molecule has 3 aromatic rings. The third-order valence-electron chi connectivity index (χ3n) is 4.40. The molecule has 2 aliphatic rings. The van der Waals surface area contributed by atoms with Gasteiger partial charge in [0.15, 0.2) is 0 Å². The maximum atomic E-state index is 4.75. The Morgan fingerprint density at radius 1 is 0.464 bits per heavy atom. The Bertz CT molecular complexity index is 1160. The van der Waals surface area contributed by atoms with Gasteiger partial charge in [-0.1, -0.05) is 0 Å². The van der Waals surface area contributed by atoms with E-state index in [4.69, 9.17) is 9.97 Å². The van der Waals surface area contributed by atoms with E-state index in [1.807, 2.05) is 48.5 Å². The molecule has 3 aromatic heterocycles. The first kappa shape index (κ1) is 18.5. The van der Waals surface area contributed by atoms with Crippen molar-refractivity contribution in [2.24, 2.45) is 0 Å². The molecule has 2 aliphatic heterocycles. The fourth-order valence-corrected chi connectivity index (χ4v) is 4.70. The van der Waals surface area contributed by atoms with Gasteiger partial charge in [-0.05, 0) is 112 Å². The summed E-state index contributed by atoms with van der Waals surface area (Å²) < 4.78 is 3.70. The Labute approximate surface area is 193 Å². The highest BCUT2D eigenvalue weighted by molar-refractivity contribution is 9.18. The fraction of sp³-hybridized carbons (Fsp3) is 0. The third-order valence-corrected chi connectivity index (χ3v) is 8.67. The summed E-state index contributed by atoms with van der Waals surface area (Å²) in [6.45, 7) is 0. The van der Waals surface area contributed by atoms with Crippen LogP contribution in [-0.4, -0.2) is 19.9 Å². The average Bonchev–Trinajstić information content (AvgIpc) is 3.41. The molecule has 0 fully saturated rings. The Hall–Kier alpha value is -1.48. The summed E-state index contributed by atoms with van der Waals surface area (Å²) in [7, 11) is 0. The summed E-state index contributed by atoms with van der Waals surface area (Å²) >= 11 is 14.6. The molecule has 0 amide bonds. The highest BCUT2D eigenvalue weighted by Crippen LogP contribution is 2.39. The summed E-state index contributed by atoms with van der Waals surface area (Å²) in [5.41, 5.74) is 7.28. The van der Waals surface area contributed by atoms with Crippen LogP contribution >= 0.6 is 63.7 Å². The molecule has 5 rings (SSSR count). The molecule has 138 valence electrons. The molecule has 28 heavy (non-hydrogen) atoms. The lowest BCUT2D eigenvalue weighted by Gasteiger charge is -1.91. The van der Waals surface area contributed by atoms with E-state index in [2.05, 4.69) is 73.7 Å². The number of hydrogen-bond acceptors (Lipinski definition) is 2. The molecule has 8 bridgehead atoms. The minimum Gasteiger partial charge on any atom is -0.355 e. The Balaban J connectivity index is 1.90. The number of hydrogen-bond donors (Lipinski definition) is 2. The van der Waals surface area contributed by atoms with Crippen molar-refractivity contribution < 1.29 is 0 Å². The van der Waals surface area contributed by atoms with Crippen LogP contribution in [0.3, 0.4) is 0 Å². The van der Waals surface area contributed by atoms with Gasteiger partial charge in [0.1, 0.15) is 0 Å². The van der Waals surface area contributed by atoms with Gasteiger partial charge in [-0.25, -0.2) is 9.97 Å². The van der Waals surface area contributed by atoms with Crippen molar-refractivity contribution in [1.82, 2.24) is 19.9 Å². The topological polar surface area (TPSA) is 57.4 Å². The number of halogens is 4. The minimum absolute atomic E-state index is 0.856. The maximum Gasteiger partial charge on any atom is 0.0812 e. The zero-order chi connectivity index (χ0) is 19.4. The number of aromatic amines is 2. The minimum atomic E-state index is 0.856. The fourth-order valence-electron chi connectivity index (χ4n) is 3.07. The molecule has 5 heterocycles. The van der Waals surface area contributed by atoms with E-state index in [-0.39, 0.29) is 0 Å². The van der Waals surface area contributed by atoms with E-state index in [1.54, 1.807) is 0 Å². The van der Waals surface area contributed by atoms with Crippen LogP contribution in [0.25, 0.3) is 40.0 Å². The first-order chi connectivity index (χ1) is 13.5. The first-order valence-electron chi connectivity index (χ1n) is 8.28. The molecule has 0 aliphatic carbocycles. The second-order valence-corrected chi connectivity index (χ2v) is 9.51. The summed E-state index contributed by atoms with van der Waals surface area (Å²) in [5.74, 6) is 0. The molecule has 0 saturated carbocycles. The first-order valence-corrected chi connectivity index (χ1v) is 11.5. The molecule has 0 saturated heterocycles. The Kier molecular flexibility index (Phi) is 4.70. The summed E-state index contributed by atoms with van der Waals surface area (Å²) in [6, 6.07) is 16.2. The van der Waals surface area contributed by atoms with Crippen LogP contribution < -0.4 is 0 Å². The van der Waals surface area contributed by atoms with Crippen molar-refractivity contribution in [2.75, 3.05) is 0 Å². The number of aromatic nitrogens is 4. The van der Waals surface area contributed by atoms with Gasteiger partial charge >= 0.3 is 0 Å². The predicted molar refractivity (Wildman–Crippen MR) is 130 cm³/mol. The molecular formula is C20H10Br4N4. The smallest absolute Gasteiger partial charge is 0.0812 e. The number of rotatable bonds is 0.